The van der Waals surface area contributed by atoms with Crippen LogP contribution in [-0.4, -0.2) is 39.3 Å². The first kappa shape index (κ1) is 18.8. The third-order valence-electron chi connectivity index (χ3n) is 3.16. The molecule has 0 saturated carbocycles. The van der Waals surface area contributed by atoms with Crippen LogP contribution in [0.5, 0.6) is 11.5 Å². The van der Waals surface area contributed by atoms with Gasteiger partial charge in [0.2, 0.25) is 0 Å². The summed E-state index contributed by atoms with van der Waals surface area (Å²) in [5.41, 5.74) is 0.669. The van der Waals surface area contributed by atoms with Gasteiger partial charge in [-0.3, -0.25) is 4.79 Å². The second-order valence-corrected chi connectivity index (χ2v) is 5.44. The van der Waals surface area contributed by atoms with Crippen LogP contribution < -0.4 is 19.7 Å². The lowest BCUT2D eigenvalue weighted by atomic mass is 10.2. The zero-order chi connectivity index (χ0) is 17.2. The van der Waals surface area contributed by atoms with Gasteiger partial charge in [-0.1, -0.05) is 0 Å². The number of carbonyl (C=O) groups excluding carboxylic acids is 1. The van der Waals surface area contributed by atoms with Gasteiger partial charge in [-0.15, -0.1) is 0 Å². The van der Waals surface area contributed by atoms with E-state index in [4.69, 9.17) is 14.7 Å². The molecule has 1 aromatic carbocycles. The lowest BCUT2D eigenvalue weighted by molar-refractivity contribution is -0.873. The maximum atomic E-state index is 12.1. The smallest absolute Gasteiger partial charge is 0.279 e. The fourth-order valence-electron chi connectivity index (χ4n) is 2.25. The van der Waals surface area contributed by atoms with Crippen LogP contribution in [0.1, 0.15) is 20.8 Å². The van der Waals surface area contributed by atoms with E-state index >= 15 is 0 Å². The Morgan fingerprint density at radius 3 is 2.57 bits per heavy atom. The maximum absolute atomic E-state index is 12.1. The fourth-order valence-corrected chi connectivity index (χ4v) is 2.25. The summed E-state index contributed by atoms with van der Waals surface area (Å²) in [5, 5.41) is 11.7. The van der Waals surface area contributed by atoms with E-state index in [1.54, 1.807) is 18.2 Å². The molecule has 6 heteroatoms. The van der Waals surface area contributed by atoms with E-state index in [1.165, 1.54) is 0 Å². The standard InChI is InChI=1S/C17H25N3O3/c1-5-22-15-8-7-14(9-16(15)23-6-2)19-17(21)12-20(4)11-13(3)10-18/h7-9,13H,5-6,11-12H2,1-4H3,(H,19,21)/p+1/t13-/m1/s1. The number of ether oxygens (including phenoxy) is 2. The van der Waals surface area contributed by atoms with Gasteiger partial charge in [0.1, 0.15) is 0 Å². The average molecular weight is 320 g/mol. The number of nitriles is 1. The number of hydrogen-bond donors (Lipinski definition) is 2. The molecule has 1 aromatic rings. The van der Waals surface area contributed by atoms with E-state index in [1.807, 2.05) is 27.8 Å². The minimum atomic E-state index is -0.0979. The van der Waals surface area contributed by atoms with Gasteiger partial charge in [0, 0.05) is 11.8 Å². The van der Waals surface area contributed by atoms with Crippen molar-refractivity contribution in [3.8, 4) is 17.6 Å². The van der Waals surface area contributed by atoms with Gasteiger partial charge in [-0.2, -0.15) is 5.26 Å². The predicted octanol–water partition coefficient (Wildman–Crippen LogP) is 1.10. The number of carbonyl (C=O) groups is 1. The molecule has 0 radical (unpaired) electrons. The molecule has 23 heavy (non-hydrogen) atoms. The van der Waals surface area contributed by atoms with Crippen LogP contribution in [0.25, 0.3) is 0 Å². The summed E-state index contributed by atoms with van der Waals surface area (Å²) in [5.74, 6) is 1.11. The van der Waals surface area contributed by atoms with Crippen molar-refractivity contribution in [1.82, 2.24) is 0 Å². The summed E-state index contributed by atoms with van der Waals surface area (Å²) in [4.78, 5) is 13.1. The van der Waals surface area contributed by atoms with E-state index in [2.05, 4.69) is 11.4 Å². The largest absolute Gasteiger partial charge is 0.490 e. The Morgan fingerprint density at radius 1 is 1.30 bits per heavy atom. The van der Waals surface area contributed by atoms with Gasteiger partial charge in [-0.05, 0) is 32.9 Å². The Bertz CT molecular complexity index is 555. The molecule has 0 heterocycles. The van der Waals surface area contributed by atoms with E-state index in [0.29, 0.717) is 43.5 Å². The molecule has 0 spiro atoms. The summed E-state index contributed by atoms with van der Waals surface area (Å²) in [6.07, 6.45) is 0. The summed E-state index contributed by atoms with van der Waals surface area (Å²) < 4.78 is 11.0. The number of rotatable bonds is 9. The molecule has 2 N–H and O–H groups in total. The van der Waals surface area contributed by atoms with Gasteiger partial charge in [0.05, 0.1) is 38.8 Å². The molecule has 0 fully saturated rings. The Kier molecular flexibility index (Phi) is 7.92. The van der Waals surface area contributed by atoms with Crippen molar-refractivity contribution in [3.05, 3.63) is 18.2 Å². The van der Waals surface area contributed by atoms with Crippen LogP contribution in [0.15, 0.2) is 18.2 Å². The SMILES string of the molecule is CCOc1ccc(NC(=O)C[NH+](C)C[C@H](C)C#N)cc1OCC. The highest BCUT2D eigenvalue weighted by molar-refractivity contribution is 5.91. The van der Waals surface area contributed by atoms with Crippen LogP contribution >= 0.6 is 0 Å². The third-order valence-corrected chi connectivity index (χ3v) is 3.16. The molecular formula is C17H26N3O3+. The number of hydrogen-bond acceptors (Lipinski definition) is 4. The minimum absolute atomic E-state index is 0.0715. The lowest BCUT2D eigenvalue weighted by Gasteiger charge is -2.16. The first-order valence-electron chi connectivity index (χ1n) is 7.90. The Balaban J connectivity index is 2.67. The van der Waals surface area contributed by atoms with Crippen molar-refractivity contribution >= 4 is 11.6 Å². The van der Waals surface area contributed by atoms with E-state index in [9.17, 15) is 4.79 Å². The number of quaternary nitrogens is 1. The Labute approximate surface area is 138 Å². The summed E-state index contributed by atoms with van der Waals surface area (Å²) >= 11 is 0. The minimum Gasteiger partial charge on any atom is -0.490 e. The molecule has 2 atom stereocenters. The normalized spacial score (nSPS) is 12.8. The van der Waals surface area contributed by atoms with Gasteiger partial charge in [0.15, 0.2) is 18.0 Å². The molecule has 0 aliphatic heterocycles. The second-order valence-electron chi connectivity index (χ2n) is 5.44. The molecule has 126 valence electrons. The molecule has 0 aliphatic carbocycles. The van der Waals surface area contributed by atoms with Crippen LogP contribution in [0.2, 0.25) is 0 Å². The number of amides is 1. The van der Waals surface area contributed by atoms with Crippen molar-refractivity contribution < 1.29 is 19.2 Å². The van der Waals surface area contributed by atoms with Crippen LogP contribution in [0.3, 0.4) is 0 Å². The van der Waals surface area contributed by atoms with E-state index in [-0.39, 0.29) is 11.8 Å². The zero-order valence-electron chi connectivity index (χ0n) is 14.3. The first-order chi connectivity index (χ1) is 11.0. The molecule has 1 unspecified atom stereocenters. The monoisotopic (exact) mass is 320 g/mol. The molecule has 0 saturated heterocycles. The number of benzene rings is 1. The highest BCUT2D eigenvalue weighted by atomic mass is 16.5. The van der Waals surface area contributed by atoms with Crippen molar-refractivity contribution in [1.29, 1.82) is 5.26 Å². The summed E-state index contributed by atoms with van der Waals surface area (Å²) in [6.45, 7) is 7.68. The topological polar surface area (TPSA) is 75.8 Å². The Hall–Kier alpha value is -2.26. The van der Waals surface area contributed by atoms with E-state index < -0.39 is 0 Å². The third kappa shape index (κ3) is 6.57. The van der Waals surface area contributed by atoms with Crippen LogP contribution in [-0.2, 0) is 4.79 Å². The quantitative estimate of drug-likeness (QED) is 0.714. The van der Waals surface area contributed by atoms with Gasteiger partial charge in [-0.25, -0.2) is 0 Å². The predicted molar refractivity (Wildman–Crippen MR) is 88.8 cm³/mol. The summed E-state index contributed by atoms with van der Waals surface area (Å²) in [7, 11) is 1.90. The number of nitrogens with zero attached hydrogens (tertiary/aromatic N) is 1. The summed E-state index contributed by atoms with van der Waals surface area (Å²) in [6, 6.07) is 7.52. The molecule has 0 aliphatic rings. The number of likely N-dealkylation sites (N-methyl/N-ethyl adjacent to an activating group) is 1. The number of anilines is 1. The Morgan fingerprint density at radius 2 is 1.96 bits per heavy atom. The highest BCUT2D eigenvalue weighted by Crippen LogP contribution is 2.30. The second kappa shape index (κ2) is 9.70. The number of nitrogens with one attached hydrogen (secondary N) is 2. The molecule has 0 aromatic heterocycles. The maximum Gasteiger partial charge on any atom is 0.279 e. The van der Waals surface area contributed by atoms with Crippen LogP contribution in [0.4, 0.5) is 5.69 Å². The lowest BCUT2D eigenvalue weighted by Crippen LogP contribution is -3.10. The van der Waals surface area contributed by atoms with Crippen molar-refractivity contribution in [2.24, 2.45) is 5.92 Å². The molecular weight excluding hydrogens is 294 g/mol. The highest BCUT2D eigenvalue weighted by Gasteiger charge is 2.14. The van der Waals surface area contributed by atoms with Crippen molar-refractivity contribution in [2.45, 2.75) is 20.8 Å². The van der Waals surface area contributed by atoms with Gasteiger partial charge in [0.25, 0.3) is 5.91 Å². The van der Waals surface area contributed by atoms with Crippen molar-refractivity contribution in [2.75, 3.05) is 38.7 Å². The molecule has 1 amide bonds. The molecule has 1 rings (SSSR count). The van der Waals surface area contributed by atoms with Gasteiger partial charge < -0.3 is 19.7 Å². The molecule has 6 nitrogen and oxygen atoms in total. The fraction of sp³-hybridized carbons (Fsp3) is 0.529. The average Bonchev–Trinajstić information content (AvgIpc) is 2.49. The van der Waals surface area contributed by atoms with E-state index in [0.717, 1.165) is 4.90 Å². The zero-order valence-corrected chi connectivity index (χ0v) is 14.3. The van der Waals surface area contributed by atoms with Crippen LogP contribution in [0, 0.1) is 17.2 Å². The first-order valence-corrected chi connectivity index (χ1v) is 7.90. The van der Waals surface area contributed by atoms with Gasteiger partial charge >= 0.3 is 0 Å². The molecule has 0 bridgehead atoms. The van der Waals surface area contributed by atoms with Crippen molar-refractivity contribution in [3.63, 3.8) is 0 Å².